The van der Waals surface area contributed by atoms with Crippen molar-refractivity contribution in [2.45, 2.75) is 13.1 Å². The van der Waals surface area contributed by atoms with Gasteiger partial charge < -0.3 is 4.90 Å². The summed E-state index contributed by atoms with van der Waals surface area (Å²) in [6.07, 6.45) is 0. The van der Waals surface area contributed by atoms with Crippen LogP contribution in [0, 0.1) is 0 Å². The average Bonchev–Trinajstić information content (AvgIpc) is 2.80. The molecular formula is C12H11ClN4OS. The number of benzene rings is 1. The summed E-state index contributed by atoms with van der Waals surface area (Å²) in [5.41, 5.74) is 2.05. The van der Waals surface area contributed by atoms with Crippen molar-refractivity contribution in [1.29, 1.82) is 0 Å². The third-order valence-electron chi connectivity index (χ3n) is 2.98. The summed E-state index contributed by atoms with van der Waals surface area (Å²) in [7, 11) is 1.79. The number of halogens is 1. The SMILES string of the molecule is CN1Cc2ccccc2N(Cc2nnc(Cl)s2)C1=O. The summed E-state index contributed by atoms with van der Waals surface area (Å²) in [6, 6.07) is 7.84. The second kappa shape index (κ2) is 4.79. The van der Waals surface area contributed by atoms with E-state index in [9.17, 15) is 4.79 Å². The van der Waals surface area contributed by atoms with Crippen LogP contribution >= 0.6 is 22.9 Å². The molecule has 0 saturated heterocycles. The predicted molar refractivity (Wildman–Crippen MR) is 74.4 cm³/mol. The molecule has 1 aliphatic heterocycles. The molecule has 0 saturated carbocycles. The van der Waals surface area contributed by atoms with Crippen molar-refractivity contribution < 1.29 is 4.79 Å². The molecule has 2 aromatic rings. The summed E-state index contributed by atoms with van der Waals surface area (Å²) in [5, 5.41) is 8.46. The largest absolute Gasteiger partial charge is 0.324 e. The normalized spacial score (nSPS) is 14.7. The molecule has 3 rings (SSSR count). The van der Waals surface area contributed by atoms with Crippen molar-refractivity contribution in [2.75, 3.05) is 11.9 Å². The molecule has 19 heavy (non-hydrogen) atoms. The minimum atomic E-state index is -0.0370. The Bertz CT molecular complexity index is 630. The summed E-state index contributed by atoms with van der Waals surface area (Å²) >= 11 is 7.06. The number of rotatable bonds is 2. The van der Waals surface area contributed by atoms with E-state index in [4.69, 9.17) is 11.6 Å². The Morgan fingerprint density at radius 3 is 2.89 bits per heavy atom. The number of hydrogen-bond donors (Lipinski definition) is 0. The number of urea groups is 1. The van der Waals surface area contributed by atoms with E-state index in [0.29, 0.717) is 17.6 Å². The molecule has 1 aliphatic rings. The Labute approximate surface area is 119 Å². The zero-order valence-electron chi connectivity index (χ0n) is 10.2. The van der Waals surface area contributed by atoms with Crippen molar-refractivity contribution in [2.24, 2.45) is 0 Å². The monoisotopic (exact) mass is 294 g/mol. The molecule has 2 amide bonds. The molecule has 0 fully saturated rings. The molecule has 98 valence electrons. The third kappa shape index (κ3) is 2.29. The van der Waals surface area contributed by atoms with Crippen LogP contribution in [-0.4, -0.2) is 28.2 Å². The van der Waals surface area contributed by atoms with Crippen molar-refractivity contribution in [3.8, 4) is 0 Å². The number of carbonyl (C=O) groups is 1. The number of para-hydroxylation sites is 1. The van der Waals surface area contributed by atoms with Crippen LogP contribution in [-0.2, 0) is 13.1 Å². The Balaban J connectivity index is 1.96. The highest BCUT2D eigenvalue weighted by molar-refractivity contribution is 7.15. The van der Waals surface area contributed by atoms with E-state index in [-0.39, 0.29) is 6.03 Å². The third-order valence-corrected chi connectivity index (χ3v) is 3.99. The van der Waals surface area contributed by atoms with Crippen molar-refractivity contribution in [3.63, 3.8) is 0 Å². The molecule has 0 spiro atoms. The first-order valence-corrected chi connectivity index (χ1v) is 6.93. The standard InChI is InChI=1S/C12H11ClN4OS/c1-16-6-8-4-2-3-5-9(8)17(12(16)18)7-10-14-15-11(13)19-10/h2-5H,6-7H2,1H3. The Kier molecular flexibility index (Phi) is 3.12. The molecule has 0 radical (unpaired) electrons. The quantitative estimate of drug-likeness (QED) is 0.856. The maximum Gasteiger partial charge on any atom is 0.324 e. The van der Waals surface area contributed by atoms with E-state index in [1.54, 1.807) is 16.8 Å². The summed E-state index contributed by atoms with van der Waals surface area (Å²) in [6.45, 7) is 1.02. The van der Waals surface area contributed by atoms with Crippen molar-refractivity contribution in [1.82, 2.24) is 15.1 Å². The minimum absolute atomic E-state index is 0.0370. The number of anilines is 1. The maximum atomic E-state index is 12.3. The molecule has 0 unspecified atom stereocenters. The van der Waals surface area contributed by atoms with Gasteiger partial charge in [-0.1, -0.05) is 29.5 Å². The second-order valence-electron chi connectivity index (χ2n) is 4.30. The highest BCUT2D eigenvalue weighted by Gasteiger charge is 2.28. The summed E-state index contributed by atoms with van der Waals surface area (Å²) in [5.74, 6) is 0. The number of fused-ring (bicyclic) bond motifs is 1. The first-order chi connectivity index (χ1) is 9.15. The highest BCUT2D eigenvalue weighted by Crippen LogP contribution is 2.29. The zero-order valence-corrected chi connectivity index (χ0v) is 11.8. The average molecular weight is 295 g/mol. The van der Waals surface area contributed by atoms with Crippen LogP contribution in [0.4, 0.5) is 10.5 Å². The zero-order chi connectivity index (χ0) is 13.4. The number of hydrogen-bond acceptors (Lipinski definition) is 4. The Morgan fingerprint density at radius 2 is 2.16 bits per heavy atom. The molecule has 1 aromatic heterocycles. The highest BCUT2D eigenvalue weighted by atomic mass is 35.5. The fourth-order valence-electron chi connectivity index (χ4n) is 2.13. The number of amides is 2. The van der Waals surface area contributed by atoms with Crippen LogP contribution in [0.2, 0.25) is 4.47 Å². The molecular weight excluding hydrogens is 284 g/mol. The smallest absolute Gasteiger partial charge is 0.323 e. The lowest BCUT2D eigenvalue weighted by Crippen LogP contribution is -2.44. The van der Waals surface area contributed by atoms with Crippen LogP contribution in [0.3, 0.4) is 0 Å². The van der Waals surface area contributed by atoms with E-state index in [0.717, 1.165) is 16.3 Å². The van der Waals surface area contributed by atoms with Crippen molar-refractivity contribution in [3.05, 3.63) is 39.3 Å². The lowest BCUT2D eigenvalue weighted by molar-refractivity contribution is 0.210. The molecule has 0 N–H and O–H groups in total. The van der Waals surface area contributed by atoms with Crippen LogP contribution in [0.25, 0.3) is 0 Å². The van der Waals surface area contributed by atoms with Crippen LogP contribution < -0.4 is 4.90 Å². The van der Waals surface area contributed by atoms with Gasteiger partial charge in [0.25, 0.3) is 0 Å². The number of nitrogens with zero attached hydrogens (tertiary/aromatic N) is 4. The van der Waals surface area contributed by atoms with E-state index in [1.807, 2.05) is 24.3 Å². The number of aromatic nitrogens is 2. The van der Waals surface area contributed by atoms with Gasteiger partial charge in [-0.15, -0.1) is 10.2 Å². The molecule has 0 bridgehead atoms. The van der Waals surface area contributed by atoms with Gasteiger partial charge in [0, 0.05) is 13.6 Å². The van der Waals surface area contributed by atoms with Gasteiger partial charge in [0.1, 0.15) is 5.01 Å². The summed E-state index contributed by atoms with van der Waals surface area (Å²) in [4.78, 5) is 15.7. The first kappa shape index (κ1) is 12.4. The second-order valence-corrected chi connectivity index (χ2v) is 5.95. The van der Waals surface area contributed by atoms with Gasteiger partial charge >= 0.3 is 6.03 Å². The van der Waals surface area contributed by atoms with Gasteiger partial charge in [-0.05, 0) is 23.2 Å². The fourth-order valence-corrected chi connectivity index (χ4v) is 2.98. The predicted octanol–water partition coefficient (Wildman–Crippen LogP) is 2.76. The molecule has 1 aromatic carbocycles. The Morgan fingerprint density at radius 1 is 1.37 bits per heavy atom. The fraction of sp³-hybridized carbons (Fsp3) is 0.250. The van der Waals surface area contributed by atoms with E-state index >= 15 is 0 Å². The lowest BCUT2D eigenvalue weighted by Gasteiger charge is -2.34. The molecule has 5 nitrogen and oxygen atoms in total. The maximum absolute atomic E-state index is 12.3. The summed E-state index contributed by atoms with van der Waals surface area (Å²) < 4.78 is 0.390. The van der Waals surface area contributed by atoms with Gasteiger partial charge in [0.2, 0.25) is 4.47 Å². The van der Waals surface area contributed by atoms with Crippen LogP contribution in [0.15, 0.2) is 24.3 Å². The van der Waals surface area contributed by atoms with E-state index in [1.165, 1.54) is 11.3 Å². The van der Waals surface area contributed by atoms with Gasteiger partial charge in [-0.25, -0.2) is 4.79 Å². The van der Waals surface area contributed by atoms with E-state index in [2.05, 4.69) is 10.2 Å². The minimum Gasteiger partial charge on any atom is -0.323 e. The number of carbonyl (C=O) groups excluding carboxylic acids is 1. The Hall–Kier alpha value is -1.66. The molecule has 7 heteroatoms. The van der Waals surface area contributed by atoms with E-state index < -0.39 is 0 Å². The van der Waals surface area contributed by atoms with Crippen LogP contribution in [0.1, 0.15) is 10.6 Å². The molecule has 0 atom stereocenters. The molecule has 0 aliphatic carbocycles. The van der Waals surface area contributed by atoms with Gasteiger partial charge in [0.05, 0.1) is 12.2 Å². The van der Waals surface area contributed by atoms with Gasteiger partial charge in [0.15, 0.2) is 0 Å². The molecule has 2 heterocycles. The van der Waals surface area contributed by atoms with Crippen molar-refractivity contribution >= 4 is 34.7 Å². The topological polar surface area (TPSA) is 49.3 Å². The van der Waals surface area contributed by atoms with Gasteiger partial charge in [-0.3, -0.25) is 4.90 Å². The first-order valence-electron chi connectivity index (χ1n) is 5.73. The van der Waals surface area contributed by atoms with Crippen LogP contribution in [0.5, 0.6) is 0 Å². The lowest BCUT2D eigenvalue weighted by atomic mass is 10.1. The van der Waals surface area contributed by atoms with Gasteiger partial charge in [-0.2, -0.15) is 0 Å².